The lowest BCUT2D eigenvalue weighted by Crippen LogP contribution is -3.00. The van der Waals surface area contributed by atoms with Gasteiger partial charge in [-0.15, -0.1) is 0 Å². The summed E-state index contributed by atoms with van der Waals surface area (Å²) in [6, 6.07) is 8.15. The van der Waals surface area contributed by atoms with Gasteiger partial charge in [-0.1, -0.05) is 12.1 Å². The van der Waals surface area contributed by atoms with Crippen molar-refractivity contribution >= 4 is 11.0 Å². The fraction of sp³-hybridized carbons (Fsp3) is 0.222. The lowest BCUT2D eigenvalue weighted by atomic mass is 10.3. The molecule has 0 unspecified atom stereocenters. The molecule has 1 aromatic carbocycles. The van der Waals surface area contributed by atoms with Gasteiger partial charge in [0.1, 0.15) is 5.82 Å². The summed E-state index contributed by atoms with van der Waals surface area (Å²) in [6.45, 7) is 2.01. The number of aromatic nitrogens is 2. The zero-order valence-electron chi connectivity index (χ0n) is 7.08. The minimum atomic E-state index is 0. The lowest BCUT2D eigenvalue weighted by Gasteiger charge is -1.93. The molecule has 12 heavy (non-hydrogen) atoms. The lowest BCUT2D eigenvalue weighted by molar-refractivity contribution is -0.00000245. The van der Waals surface area contributed by atoms with E-state index in [2.05, 4.69) is 15.6 Å². The average molecular weight is 273 g/mol. The molecule has 2 aromatic rings. The van der Waals surface area contributed by atoms with E-state index in [1.54, 1.807) is 0 Å². The maximum absolute atomic E-state index is 4.38. The molecule has 2 rings (SSSR count). The van der Waals surface area contributed by atoms with Crippen molar-refractivity contribution in [1.29, 1.82) is 0 Å². The smallest absolute Gasteiger partial charge is 0.106 e. The Bertz CT molecular complexity index is 392. The molecule has 1 heterocycles. The van der Waals surface area contributed by atoms with Crippen LogP contribution in [0.25, 0.3) is 11.0 Å². The Morgan fingerprint density at radius 3 is 2.58 bits per heavy atom. The summed E-state index contributed by atoms with van der Waals surface area (Å²) in [6.07, 6.45) is 0. The molecule has 1 aromatic heterocycles. The van der Waals surface area contributed by atoms with E-state index >= 15 is 0 Å². The van der Waals surface area contributed by atoms with E-state index in [9.17, 15) is 0 Å². The topological polar surface area (TPSA) is 17.8 Å². The van der Waals surface area contributed by atoms with Gasteiger partial charge in [0.2, 0.25) is 0 Å². The first-order chi connectivity index (χ1) is 5.29. The van der Waals surface area contributed by atoms with Crippen LogP contribution in [-0.4, -0.2) is 9.55 Å². The van der Waals surface area contributed by atoms with E-state index in [4.69, 9.17) is 0 Å². The highest BCUT2D eigenvalue weighted by molar-refractivity contribution is 5.75. The van der Waals surface area contributed by atoms with Crippen LogP contribution < -0.4 is 24.0 Å². The number of hydrogen-bond acceptors (Lipinski definition) is 1. The quantitative estimate of drug-likeness (QED) is 0.556. The zero-order chi connectivity index (χ0) is 7.84. The molecule has 0 aliphatic heterocycles. The number of hydrogen-bond donors (Lipinski definition) is 0. The second-order valence-electron chi connectivity index (χ2n) is 2.71. The SMILES string of the molecule is Cc1nc2ccccc2n1C.[I-]. The van der Waals surface area contributed by atoms with Crippen molar-refractivity contribution in [2.75, 3.05) is 0 Å². The standard InChI is InChI=1S/C9H10N2.HI/c1-7-10-8-5-3-4-6-9(8)11(7)2;/h3-6H,1-2H3;1H/p-1. The Kier molecular flexibility index (Phi) is 2.72. The molecule has 0 saturated carbocycles. The summed E-state index contributed by atoms with van der Waals surface area (Å²) >= 11 is 0. The third-order valence-corrected chi connectivity index (χ3v) is 2.01. The van der Waals surface area contributed by atoms with Crippen LogP contribution in [0, 0.1) is 6.92 Å². The van der Waals surface area contributed by atoms with E-state index in [-0.39, 0.29) is 24.0 Å². The van der Waals surface area contributed by atoms with E-state index in [0.29, 0.717) is 0 Å². The Balaban J connectivity index is 0.000000720. The van der Waals surface area contributed by atoms with Gasteiger partial charge in [0, 0.05) is 7.05 Å². The number of fused-ring (bicyclic) bond motifs is 1. The van der Waals surface area contributed by atoms with Crippen LogP contribution in [-0.2, 0) is 7.05 Å². The fourth-order valence-electron chi connectivity index (χ4n) is 1.27. The predicted molar refractivity (Wildman–Crippen MR) is 45.5 cm³/mol. The Morgan fingerprint density at radius 2 is 1.92 bits per heavy atom. The number of halogens is 1. The second-order valence-corrected chi connectivity index (χ2v) is 2.71. The molecular formula is C9H10IN2-. The van der Waals surface area contributed by atoms with Gasteiger partial charge in [-0.3, -0.25) is 0 Å². The van der Waals surface area contributed by atoms with Crippen LogP contribution in [0.4, 0.5) is 0 Å². The Hall–Kier alpha value is -0.580. The average Bonchev–Trinajstić information content (AvgIpc) is 2.30. The van der Waals surface area contributed by atoms with E-state index in [1.807, 2.05) is 32.2 Å². The van der Waals surface area contributed by atoms with E-state index < -0.39 is 0 Å². The highest BCUT2D eigenvalue weighted by atomic mass is 127. The van der Waals surface area contributed by atoms with Gasteiger partial charge >= 0.3 is 0 Å². The molecule has 0 atom stereocenters. The molecule has 0 fully saturated rings. The summed E-state index contributed by atoms with van der Waals surface area (Å²) in [5.41, 5.74) is 2.28. The Labute approximate surface area is 88.6 Å². The van der Waals surface area contributed by atoms with Crippen molar-refractivity contribution < 1.29 is 24.0 Å². The molecule has 0 N–H and O–H groups in total. The molecule has 0 bridgehead atoms. The summed E-state index contributed by atoms with van der Waals surface area (Å²) in [7, 11) is 2.03. The van der Waals surface area contributed by atoms with Crippen LogP contribution in [0.5, 0.6) is 0 Å². The van der Waals surface area contributed by atoms with Crippen molar-refractivity contribution in [3.05, 3.63) is 30.1 Å². The van der Waals surface area contributed by atoms with Crippen molar-refractivity contribution in [2.24, 2.45) is 7.05 Å². The summed E-state index contributed by atoms with van der Waals surface area (Å²) in [4.78, 5) is 4.38. The molecule has 0 radical (unpaired) electrons. The normalized spacial score (nSPS) is 9.83. The van der Waals surface area contributed by atoms with Gasteiger partial charge in [0.15, 0.2) is 0 Å². The number of para-hydroxylation sites is 2. The molecule has 0 amide bonds. The first-order valence-electron chi connectivity index (χ1n) is 3.67. The summed E-state index contributed by atoms with van der Waals surface area (Å²) < 4.78 is 2.09. The predicted octanol–water partition coefficient (Wildman–Crippen LogP) is -1.11. The van der Waals surface area contributed by atoms with Crippen molar-refractivity contribution in [1.82, 2.24) is 9.55 Å². The minimum Gasteiger partial charge on any atom is -1.00 e. The van der Waals surface area contributed by atoms with Crippen LogP contribution in [0.1, 0.15) is 5.82 Å². The fourth-order valence-corrected chi connectivity index (χ4v) is 1.27. The number of nitrogens with zero attached hydrogens (tertiary/aromatic N) is 2. The van der Waals surface area contributed by atoms with Crippen LogP contribution in [0.3, 0.4) is 0 Å². The largest absolute Gasteiger partial charge is 1.00 e. The zero-order valence-corrected chi connectivity index (χ0v) is 9.24. The van der Waals surface area contributed by atoms with Crippen LogP contribution in [0.15, 0.2) is 24.3 Å². The van der Waals surface area contributed by atoms with Crippen LogP contribution in [0.2, 0.25) is 0 Å². The molecule has 2 nitrogen and oxygen atoms in total. The van der Waals surface area contributed by atoms with E-state index in [1.165, 1.54) is 5.52 Å². The third-order valence-electron chi connectivity index (χ3n) is 2.01. The van der Waals surface area contributed by atoms with Crippen molar-refractivity contribution in [3.63, 3.8) is 0 Å². The van der Waals surface area contributed by atoms with Gasteiger partial charge in [0.05, 0.1) is 11.0 Å². The first kappa shape index (κ1) is 9.51. The summed E-state index contributed by atoms with van der Waals surface area (Å²) in [5.74, 6) is 1.06. The number of rotatable bonds is 0. The van der Waals surface area contributed by atoms with Gasteiger partial charge < -0.3 is 28.5 Å². The molecule has 64 valence electrons. The monoisotopic (exact) mass is 273 g/mol. The number of aryl methyl sites for hydroxylation is 2. The van der Waals surface area contributed by atoms with Crippen molar-refractivity contribution in [3.8, 4) is 0 Å². The molecule has 0 aliphatic rings. The highest BCUT2D eigenvalue weighted by Gasteiger charge is 2.00. The van der Waals surface area contributed by atoms with Crippen LogP contribution >= 0.6 is 0 Å². The van der Waals surface area contributed by atoms with Gasteiger partial charge in [0.25, 0.3) is 0 Å². The van der Waals surface area contributed by atoms with Gasteiger partial charge in [-0.05, 0) is 19.1 Å². The number of benzene rings is 1. The maximum atomic E-state index is 4.38. The third kappa shape index (κ3) is 1.33. The minimum absolute atomic E-state index is 0. The first-order valence-corrected chi connectivity index (χ1v) is 3.67. The molecule has 0 aliphatic carbocycles. The van der Waals surface area contributed by atoms with Crippen molar-refractivity contribution in [2.45, 2.75) is 6.92 Å². The Morgan fingerprint density at radius 1 is 1.25 bits per heavy atom. The summed E-state index contributed by atoms with van der Waals surface area (Å²) in [5, 5.41) is 0. The van der Waals surface area contributed by atoms with Gasteiger partial charge in [-0.2, -0.15) is 0 Å². The molecule has 0 saturated heterocycles. The molecular weight excluding hydrogens is 263 g/mol. The maximum Gasteiger partial charge on any atom is 0.106 e. The second kappa shape index (κ2) is 3.43. The molecule has 0 spiro atoms. The molecule has 3 heteroatoms. The van der Waals surface area contributed by atoms with E-state index in [0.717, 1.165) is 11.3 Å². The van der Waals surface area contributed by atoms with Gasteiger partial charge in [-0.25, -0.2) is 4.98 Å². The highest BCUT2D eigenvalue weighted by Crippen LogP contribution is 2.12. The number of imidazole rings is 1.